The highest BCUT2D eigenvalue weighted by Gasteiger charge is 2.07. The molecule has 0 saturated carbocycles. The summed E-state index contributed by atoms with van der Waals surface area (Å²) in [6, 6.07) is 0. The molecule has 2 unspecified atom stereocenters. The van der Waals surface area contributed by atoms with Crippen LogP contribution >= 0.6 is 12.6 Å². The third-order valence-corrected chi connectivity index (χ3v) is 1.94. The van der Waals surface area contributed by atoms with Gasteiger partial charge in [-0.25, -0.2) is 0 Å². The fourth-order valence-electron chi connectivity index (χ4n) is 0.567. The highest BCUT2D eigenvalue weighted by Crippen LogP contribution is 1.98. The summed E-state index contributed by atoms with van der Waals surface area (Å²) in [6.45, 7) is 6.76. The lowest BCUT2D eigenvalue weighted by Crippen LogP contribution is -2.32. The van der Waals surface area contributed by atoms with Crippen molar-refractivity contribution in [3.8, 4) is 0 Å². The Bertz CT molecular complexity index is 125. The fourth-order valence-corrected chi connectivity index (χ4v) is 0.658. The number of hydrogen-bond donors (Lipinski definition) is 2. The molecule has 11 heavy (non-hydrogen) atoms. The van der Waals surface area contributed by atoms with Crippen molar-refractivity contribution in [3.63, 3.8) is 0 Å². The maximum atomic E-state index is 11.0. The summed E-state index contributed by atoms with van der Waals surface area (Å²) >= 11 is 4.01. The standard InChI is InChI=1S/C8H17NOS/c1-4-6(2)5-9-8(10)7(3)11/h6-7,11H,4-5H2,1-3H3,(H,9,10). The summed E-state index contributed by atoms with van der Waals surface area (Å²) in [4.78, 5) is 11.0. The predicted molar refractivity (Wildman–Crippen MR) is 50.9 cm³/mol. The van der Waals surface area contributed by atoms with E-state index < -0.39 is 0 Å². The minimum absolute atomic E-state index is 0.0219. The molecule has 0 aromatic heterocycles. The number of nitrogens with one attached hydrogen (secondary N) is 1. The van der Waals surface area contributed by atoms with Crippen molar-refractivity contribution in [2.24, 2.45) is 5.92 Å². The van der Waals surface area contributed by atoms with E-state index in [-0.39, 0.29) is 11.2 Å². The summed E-state index contributed by atoms with van der Waals surface area (Å²) < 4.78 is 0. The van der Waals surface area contributed by atoms with Gasteiger partial charge in [0.15, 0.2) is 0 Å². The molecule has 66 valence electrons. The molecule has 0 spiro atoms. The summed E-state index contributed by atoms with van der Waals surface area (Å²) in [5.41, 5.74) is 0. The number of carbonyl (C=O) groups excluding carboxylic acids is 1. The Morgan fingerprint density at radius 2 is 2.09 bits per heavy atom. The van der Waals surface area contributed by atoms with Crippen LogP contribution in [-0.2, 0) is 4.79 Å². The summed E-state index contributed by atoms with van der Waals surface area (Å²) in [6.07, 6.45) is 1.10. The van der Waals surface area contributed by atoms with E-state index in [9.17, 15) is 4.79 Å². The molecule has 0 saturated heterocycles. The van der Waals surface area contributed by atoms with Gasteiger partial charge in [0.1, 0.15) is 0 Å². The lowest BCUT2D eigenvalue weighted by molar-refractivity contribution is -0.120. The highest BCUT2D eigenvalue weighted by molar-refractivity contribution is 7.81. The molecule has 3 heteroatoms. The van der Waals surface area contributed by atoms with E-state index in [0.717, 1.165) is 13.0 Å². The molecular weight excluding hydrogens is 158 g/mol. The van der Waals surface area contributed by atoms with Gasteiger partial charge in [-0.05, 0) is 12.8 Å². The van der Waals surface area contributed by atoms with Crippen LogP contribution in [0, 0.1) is 5.92 Å². The molecule has 0 bridgehead atoms. The first-order valence-electron chi connectivity index (χ1n) is 4.03. The van der Waals surface area contributed by atoms with E-state index in [4.69, 9.17) is 0 Å². The monoisotopic (exact) mass is 175 g/mol. The van der Waals surface area contributed by atoms with Crippen molar-refractivity contribution in [1.82, 2.24) is 5.32 Å². The second-order valence-electron chi connectivity index (χ2n) is 2.93. The lowest BCUT2D eigenvalue weighted by Gasteiger charge is -2.10. The number of carbonyl (C=O) groups is 1. The van der Waals surface area contributed by atoms with E-state index >= 15 is 0 Å². The SMILES string of the molecule is CCC(C)CNC(=O)C(C)S. The van der Waals surface area contributed by atoms with Gasteiger partial charge >= 0.3 is 0 Å². The molecule has 0 aliphatic heterocycles. The van der Waals surface area contributed by atoms with Crippen LogP contribution < -0.4 is 5.32 Å². The van der Waals surface area contributed by atoms with Crippen LogP contribution in [0.15, 0.2) is 0 Å². The van der Waals surface area contributed by atoms with Gasteiger partial charge in [-0.2, -0.15) is 12.6 Å². The Balaban J connectivity index is 3.46. The van der Waals surface area contributed by atoms with E-state index in [1.54, 1.807) is 6.92 Å². The van der Waals surface area contributed by atoms with Crippen molar-refractivity contribution in [1.29, 1.82) is 0 Å². The van der Waals surface area contributed by atoms with Gasteiger partial charge in [0.25, 0.3) is 0 Å². The van der Waals surface area contributed by atoms with Gasteiger partial charge in [-0.1, -0.05) is 20.3 Å². The summed E-state index contributed by atoms with van der Waals surface area (Å²) in [5.74, 6) is 0.583. The first-order chi connectivity index (χ1) is 5.07. The Kier molecular flexibility index (Phi) is 5.38. The van der Waals surface area contributed by atoms with E-state index in [0.29, 0.717) is 5.92 Å². The van der Waals surface area contributed by atoms with E-state index in [1.807, 2.05) is 0 Å². The molecule has 0 fully saturated rings. The number of rotatable bonds is 4. The third kappa shape index (κ3) is 5.13. The third-order valence-electron chi connectivity index (χ3n) is 1.70. The smallest absolute Gasteiger partial charge is 0.232 e. The summed E-state index contributed by atoms with van der Waals surface area (Å²) in [5, 5.41) is 2.62. The zero-order valence-corrected chi connectivity index (χ0v) is 8.32. The molecule has 0 aliphatic rings. The zero-order valence-electron chi connectivity index (χ0n) is 7.42. The maximum Gasteiger partial charge on any atom is 0.232 e. The first kappa shape index (κ1) is 10.8. The van der Waals surface area contributed by atoms with Gasteiger partial charge in [0, 0.05) is 6.54 Å². The quantitative estimate of drug-likeness (QED) is 0.622. The second-order valence-corrected chi connectivity index (χ2v) is 3.71. The molecule has 0 heterocycles. The molecule has 0 aromatic carbocycles. The zero-order chi connectivity index (χ0) is 8.85. The van der Waals surface area contributed by atoms with Crippen LogP contribution in [0.3, 0.4) is 0 Å². The van der Waals surface area contributed by atoms with E-state index in [2.05, 4.69) is 31.8 Å². The van der Waals surface area contributed by atoms with Crippen LogP contribution in [0.5, 0.6) is 0 Å². The average Bonchev–Trinajstić information content (AvgIpc) is 1.99. The minimum Gasteiger partial charge on any atom is -0.355 e. The van der Waals surface area contributed by atoms with Crippen LogP contribution in [0.1, 0.15) is 27.2 Å². The fraction of sp³-hybridized carbons (Fsp3) is 0.875. The molecule has 0 rings (SSSR count). The van der Waals surface area contributed by atoms with Crippen molar-refractivity contribution < 1.29 is 4.79 Å². The number of hydrogen-bond acceptors (Lipinski definition) is 2. The maximum absolute atomic E-state index is 11.0. The number of thiol groups is 1. The highest BCUT2D eigenvalue weighted by atomic mass is 32.1. The predicted octanol–water partition coefficient (Wildman–Crippen LogP) is 1.47. The van der Waals surface area contributed by atoms with Crippen molar-refractivity contribution in [3.05, 3.63) is 0 Å². The van der Waals surface area contributed by atoms with Crippen molar-refractivity contribution in [2.45, 2.75) is 32.4 Å². The van der Waals surface area contributed by atoms with Gasteiger partial charge in [0.05, 0.1) is 5.25 Å². The number of amides is 1. The van der Waals surface area contributed by atoms with Crippen molar-refractivity contribution in [2.75, 3.05) is 6.54 Å². The van der Waals surface area contributed by atoms with Crippen molar-refractivity contribution >= 4 is 18.5 Å². The Morgan fingerprint density at radius 3 is 2.45 bits per heavy atom. The molecule has 0 aromatic rings. The second kappa shape index (κ2) is 5.47. The summed E-state index contributed by atoms with van der Waals surface area (Å²) in [7, 11) is 0. The molecule has 0 radical (unpaired) electrons. The Morgan fingerprint density at radius 1 is 1.55 bits per heavy atom. The Labute approximate surface area is 74.2 Å². The molecule has 2 atom stereocenters. The molecule has 1 amide bonds. The molecular formula is C8H17NOS. The van der Waals surface area contributed by atoms with Gasteiger partial charge < -0.3 is 5.32 Å². The normalized spacial score (nSPS) is 15.6. The average molecular weight is 175 g/mol. The largest absolute Gasteiger partial charge is 0.355 e. The van der Waals surface area contributed by atoms with Gasteiger partial charge in [-0.15, -0.1) is 0 Å². The van der Waals surface area contributed by atoms with Crippen LogP contribution in [0.25, 0.3) is 0 Å². The lowest BCUT2D eigenvalue weighted by atomic mass is 10.1. The molecule has 0 aliphatic carbocycles. The minimum atomic E-state index is -0.195. The Hall–Kier alpha value is -0.180. The van der Waals surface area contributed by atoms with E-state index in [1.165, 1.54) is 0 Å². The topological polar surface area (TPSA) is 29.1 Å². The van der Waals surface area contributed by atoms with Crippen LogP contribution in [-0.4, -0.2) is 17.7 Å². The van der Waals surface area contributed by atoms with Crippen LogP contribution in [0.2, 0.25) is 0 Å². The first-order valence-corrected chi connectivity index (χ1v) is 4.55. The van der Waals surface area contributed by atoms with Gasteiger partial charge in [-0.3, -0.25) is 4.79 Å². The van der Waals surface area contributed by atoms with Gasteiger partial charge in [0.2, 0.25) is 5.91 Å². The molecule has 2 nitrogen and oxygen atoms in total. The van der Waals surface area contributed by atoms with Crippen LogP contribution in [0.4, 0.5) is 0 Å². The molecule has 1 N–H and O–H groups in total.